The van der Waals surface area contributed by atoms with E-state index in [1.165, 1.54) is 9.71 Å². The molecule has 0 bridgehead atoms. The predicted octanol–water partition coefficient (Wildman–Crippen LogP) is 1.86. The number of likely N-dealkylation sites (N-methyl/N-ethyl adjacent to an activating group) is 1. The topological polar surface area (TPSA) is 60.9 Å². The van der Waals surface area contributed by atoms with Gasteiger partial charge in [0.05, 0.1) is 6.54 Å². The molecule has 7 heteroatoms. The van der Waals surface area contributed by atoms with Crippen molar-refractivity contribution >= 4 is 22.0 Å². The van der Waals surface area contributed by atoms with Gasteiger partial charge >= 0.3 is 0 Å². The highest BCUT2D eigenvalue weighted by Gasteiger charge is 2.24. The largest absolute Gasteiger partial charge is 0.342 e. The number of sulfonamides is 1. The van der Waals surface area contributed by atoms with E-state index >= 15 is 0 Å². The van der Waals surface area contributed by atoms with Gasteiger partial charge in [-0.1, -0.05) is 30.3 Å². The van der Waals surface area contributed by atoms with E-state index in [1.54, 1.807) is 6.08 Å². The summed E-state index contributed by atoms with van der Waals surface area (Å²) in [5, 5.41) is 1.28. The average molecular weight is 380 g/mol. The molecule has 1 aliphatic heterocycles. The van der Waals surface area contributed by atoms with E-state index in [1.807, 2.05) is 49.1 Å². The van der Waals surface area contributed by atoms with Crippen molar-refractivity contribution in [2.75, 3.05) is 45.8 Å². The Kier molecular flexibility index (Phi) is 7.81. The van der Waals surface area contributed by atoms with Crippen molar-refractivity contribution in [3.8, 4) is 0 Å². The Labute approximate surface area is 157 Å². The molecule has 1 aromatic rings. The average Bonchev–Trinajstić information content (AvgIpc) is 2.88. The second-order valence-corrected chi connectivity index (χ2v) is 8.17. The maximum atomic E-state index is 12.6. The van der Waals surface area contributed by atoms with Crippen molar-refractivity contribution in [1.82, 2.24) is 14.1 Å². The summed E-state index contributed by atoms with van der Waals surface area (Å²) in [5.41, 5.74) is 0.859. The van der Waals surface area contributed by atoms with E-state index in [4.69, 9.17) is 0 Å². The van der Waals surface area contributed by atoms with Gasteiger partial charge in [0.25, 0.3) is 0 Å². The molecule has 26 heavy (non-hydrogen) atoms. The summed E-state index contributed by atoms with van der Waals surface area (Å²) >= 11 is 0. The third-order valence-electron chi connectivity index (χ3n) is 4.61. The minimum Gasteiger partial charge on any atom is -0.342 e. The first-order chi connectivity index (χ1) is 12.5. The van der Waals surface area contributed by atoms with E-state index in [-0.39, 0.29) is 5.91 Å². The van der Waals surface area contributed by atoms with Crippen molar-refractivity contribution in [3.63, 3.8) is 0 Å². The van der Waals surface area contributed by atoms with E-state index in [0.717, 1.165) is 18.5 Å². The summed E-state index contributed by atoms with van der Waals surface area (Å²) in [6, 6.07) is 9.39. The van der Waals surface area contributed by atoms with Gasteiger partial charge in [0.2, 0.25) is 15.9 Å². The monoisotopic (exact) mass is 379 g/mol. The zero-order valence-electron chi connectivity index (χ0n) is 15.7. The Bertz CT molecular complexity index is 700. The minimum atomic E-state index is -3.45. The molecule has 1 aliphatic rings. The first-order valence-electron chi connectivity index (χ1n) is 9.19. The Morgan fingerprint density at radius 3 is 2.42 bits per heavy atom. The summed E-state index contributed by atoms with van der Waals surface area (Å²) in [6.07, 6.45) is 2.35. The lowest BCUT2D eigenvalue weighted by Crippen LogP contribution is -2.41. The second-order valence-electron chi connectivity index (χ2n) is 6.35. The predicted molar refractivity (Wildman–Crippen MR) is 105 cm³/mol. The fraction of sp³-hybridized carbons (Fsp3) is 0.526. The Balaban J connectivity index is 1.94. The lowest BCUT2D eigenvalue weighted by Gasteiger charge is -2.24. The molecule has 0 atom stereocenters. The number of nitrogens with zero attached hydrogens (tertiary/aromatic N) is 3. The molecule has 1 aromatic carbocycles. The van der Waals surface area contributed by atoms with Crippen LogP contribution in [0.4, 0.5) is 0 Å². The molecular formula is C19H29N3O3S. The Morgan fingerprint density at radius 1 is 1.08 bits per heavy atom. The summed E-state index contributed by atoms with van der Waals surface area (Å²) in [6.45, 7) is 7.91. The van der Waals surface area contributed by atoms with Crippen molar-refractivity contribution in [2.45, 2.75) is 20.3 Å². The summed E-state index contributed by atoms with van der Waals surface area (Å²) in [7, 11) is -3.45. The third kappa shape index (κ3) is 5.93. The van der Waals surface area contributed by atoms with Crippen LogP contribution in [-0.2, 0) is 14.8 Å². The minimum absolute atomic E-state index is 0.107. The Hall–Kier alpha value is -1.70. The van der Waals surface area contributed by atoms with Crippen molar-refractivity contribution in [3.05, 3.63) is 41.3 Å². The van der Waals surface area contributed by atoms with Crippen molar-refractivity contribution in [2.24, 2.45) is 0 Å². The maximum absolute atomic E-state index is 12.6. The van der Waals surface area contributed by atoms with Gasteiger partial charge in [-0.3, -0.25) is 9.69 Å². The zero-order chi connectivity index (χ0) is 19.0. The molecule has 1 heterocycles. The standard InChI is InChI=1S/C19H29N3O3S/c1-3-21(4-2)19(23)17-20-12-8-13-22(15-14-20)26(24,25)16-11-18-9-6-5-7-10-18/h5-7,9-11,16H,3-4,8,12-15,17H2,1-2H3. The first kappa shape index (κ1) is 20.6. The highest BCUT2D eigenvalue weighted by molar-refractivity contribution is 7.92. The molecule has 0 spiro atoms. The number of carbonyl (C=O) groups is 1. The van der Waals surface area contributed by atoms with Gasteiger partial charge in [-0.15, -0.1) is 0 Å². The Morgan fingerprint density at radius 2 is 1.77 bits per heavy atom. The van der Waals surface area contributed by atoms with Gasteiger partial charge in [0, 0.05) is 38.1 Å². The number of rotatable bonds is 7. The second kappa shape index (κ2) is 9.85. The van der Waals surface area contributed by atoms with E-state index in [0.29, 0.717) is 39.3 Å². The number of amides is 1. The number of hydrogen-bond donors (Lipinski definition) is 0. The molecule has 0 N–H and O–H groups in total. The quantitative estimate of drug-likeness (QED) is 0.726. The number of benzene rings is 1. The molecule has 144 valence electrons. The van der Waals surface area contributed by atoms with E-state index < -0.39 is 10.0 Å². The fourth-order valence-electron chi connectivity index (χ4n) is 3.04. The van der Waals surface area contributed by atoms with Crippen LogP contribution in [0.15, 0.2) is 35.7 Å². The molecule has 1 saturated heterocycles. The van der Waals surface area contributed by atoms with Gasteiger partial charge < -0.3 is 4.90 Å². The molecule has 0 radical (unpaired) electrons. The highest BCUT2D eigenvalue weighted by atomic mass is 32.2. The molecule has 1 amide bonds. The van der Waals surface area contributed by atoms with E-state index in [9.17, 15) is 13.2 Å². The summed E-state index contributed by atoms with van der Waals surface area (Å²) in [4.78, 5) is 16.1. The molecule has 6 nitrogen and oxygen atoms in total. The summed E-state index contributed by atoms with van der Waals surface area (Å²) < 4.78 is 26.7. The lowest BCUT2D eigenvalue weighted by atomic mass is 10.2. The van der Waals surface area contributed by atoms with Crippen molar-refractivity contribution in [1.29, 1.82) is 0 Å². The van der Waals surface area contributed by atoms with Crippen molar-refractivity contribution < 1.29 is 13.2 Å². The third-order valence-corrected chi connectivity index (χ3v) is 6.18. The SMILES string of the molecule is CCN(CC)C(=O)CN1CCCN(S(=O)(=O)C=Cc2ccccc2)CC1. The first-order valence-corrected chi connectivity index (χ1v) is 10.7. The lowest BCUT2D eigenvalue weighted by molar-refractivity contribution is -0.132. The van der Waals surface area contributed by atoms with Crippen LogP contribution in [0.2, 0.25) is 0 Å². The zero-order valence-corrected chi connectivity index (χ0v) is 16.5. The molecule has 0 aromatic heterocycles. The molecular weight excluding hydrogens is 350 g/mol. The van der Waals surface area contributed by atoms with Crippen LogP contribution < -0.4 is 0 Å². The van der Waals surface area contributed by atoms with E-state index in [2.05, 4.69) is 4.90 Å². The molecule has 0 unspecified atom stereocenters. The molecule has 0 aliphatic carbocycles. The fourth-order valence-corrected chi connectivity index (χ4v) is 4.26. The summed E-state index contributed by atoms with van der Waals surface area (Å²) in [5.74, 6) is 0.107. The van der Waals surface area contributed by atoms with Crippen LogP contribution in [0, 0.1) is 0 Å². The van der Waals surface area contributed by atoms with Crippen LogP contribution in [0.5, 0.6) is 0 Å². The highest BCUT2D eigenvalue weighted by Crippen LogP contribution is 2.12. The van der Waals surface area contributed by atoms with Gasteiger partial charge in [-0.2, -0.15) is 4.31 Å². The van der Waals surface area contributed by atoms with Gasteiger partial charge in [0.15, 0.2) is 0 Å². The van der Waals surface area contributed by atoms with Crippen LogP contribution in [-0.4, -0.2) is 74.2 Å². The van der Waals surface area contributed by atoms with Gasteiger partial charge in [0.1, 0.15) is 0 Å². The molecule has 2 rings (SSSR count). The van der Waals surface area contributed by atoms with Crippen LogP contribution in [0.3, 0.4) is 0 Å². The van der Waals surface area contributed by atoms with Crippen LogP contribution >= 0.6 is 0 Å². The van der Waals surface area contributed by atoms with Crippen LogP contribution in [0.25, 0.3) is 6.08 Å². The molecule has 0 saturated carbocycles. The maximum Gasteiger partial charge on any atom is 0.236 e. The normalized spacial score (nSPS) is 17.3. The number of hydrogen-bond acceptors (Lipinski definition) is 4. The number of carbonyl (C=O) groups excluding carboxylic acids is 1. The smallest absolute Gasteiger partial charge is 0.236 e. The molecule has 1 fully saturated rings. The van der Waals surface area contributed by atoms with Crippen LogP contribution in [0.1, 0.15) is 25.8 Å². The van der Waals surface area contributed by atoms with Gasteiger partial charge in [-0.05, 0) is 38.5 Å². The van der Waals surface area contributed by atoms with Gasteiger partial charge in [-0.25, -0.2) is 8.42 Å².